The summed E-state index contributed by atoms with van der Waals surface area (Å²) in [6.07, 6.45) is 8.16. The number of pyridine rings is 2. The van der Waals surface area contributed by atoms with Crippen molar-refractivity contribution in [1.82, 2.24) is 30.4 Å². The van der Waals surface area contributed by atoms with E-state index in [9.17, 15) is 18.8 Å². The minimum Gasteiger partial charge on any atom is -0.444 e. The average Bonchev–Trinajstić information content (AvgIpc) is 4.20. The van der Waals surface area contributed by atoms with E-state index in [4.69, 9.17) is 35.3 Å². The first-order valence-corrected chi connectivity index (χ1v) is 22.8. The Morgan fingerprint density at radius 3 is 1.70 bits per heavy atom. The van der Waals surface area contributed by atoms with Gasteiger partial charge in [0, 0.05) is 29.4 Å². The molecule has 66 heavy (non-hydrogen) atoms. The Hall–Kier alpha value is -5.78. The molecule has 18 heteroatoms. The zero-order valence-electron chi connectivity index (χ0n) is 37.7. The quantitative estimate of drug-likeness (QED) is 0.108. The van der Waals surface area contributed by atoms with E-state index in [1.165, 1.54) is 12.4 Å². The minimum atomic E-state index is -1.52. The molecule has 350 valence electrons. The van der Waals surface area contributed by atoms with Gasteiger partial charge in [0.05, 0.1) is 48.0 Å². The highest BCUT2D eigenvalue weighted by molar-refractivity contribution is 9.10. The van der Waals surface area contributed by atoms with E-state index >= 15 is 0 Å². The molecule has 15 nitrogen and oxygen atoms in total. The first-order valence-electron chi connectivity index (χ1n) is 21.7. The molecule has 4 heterocycles. The molecule has 0 radical (unpaired) electrons. The number of anilines is 1. The number of benzene rings is 2. The lowest BCUT2D eigenvalue weighted by Gasteiger charge is -2.29. The molecule has 2 amide bonds. The first kappa shape index (κ1) is 48.2. The van der Waals surface area contributed by atoms with Crippen molar-refractivity contribution in [3.05, 3.63) is 122 Å². The molecule has 3 aliphatic rings. The summed E-state index contributed by atoms with van der Waals surface area (Å²) in [6, 6.07) is 22.0. The van der Waals surface area contributed by atoms with E-state index in [0.29, 0.717) is 48.4 Å². The maximum Gasteiger partial charge on any atom is 0.408 e. The normalized spacial score (nSPS) is 18.1. The van der Waals surface area contributed by atoms with Crippen LogP contribution in [0.2, 0.25) is 5.02 Å². The molecule has 2 saturated carbocycles. The lowest BCUT2D eigenvalue weighted by atomic mass is 9.99. The van der Waals surface area contributed by atoms with E-state index in [-0.39, 0.29) is 35.5 Å². The van der Waals surface area contributed by atoms with Gasteiger partial charge in [-0.1, -0.05) is 35.9 Å². The van der Waals surface area contributed by atoms with Gasteiger partial charge >= 0.3 is 12.2 Å². The van der Waals surface area contributed by atoms with Crippen LogP contribution in [-0.4, -0.2) is 68.6 Å². The molecule has 8 rings (SSSR count). The molecule has 1 aliphatic heterocycles. The molecule has 1 atom stereocenters. The second kappa shape index (κ2) is 19.6. The van der Waals surface area contributed by atoms with Gasteiger partial charge in [0.25, 0.3) is 5.56 Å². The van der Waals surface area contributed by atoms with Gasteiger partial charge in [-0.05, 0) is 144 Å². The van der Waals surface area contributed by atoms with Crippen LogP contribution in [0, 0.1) is 0 Å². The van der Waals surface area contributed by atoms with Gasteiger partial charge in [-0.25, -0.2) is 23.9 Å². The Balaban J connectivity index is 0.000000221. The van der Waals surface area contributed by atoms with Crippen molar-refractivity contribution in [3.63, 3.8) is 0 Å². The van der Waals surface area contributed by atoms with Crippen molar-refractivity contribution in [3.8, 4) is 28.9 Å². The number of ether oxygens (including phenoxy) is 5. The number of nitrogens with zero attached hydrogens (tertiary/aromatic N) is 4. The highest BCUT2D eigenvalue weighted by Gasteiger charge is 2.47. The highest BCUT2D eigenvalue weighted by Crippen LogP contribution is 2.47. The van der Waals surface area contributed by atoms with Crippen LogP contribution in [0.5, 0.6) is 23.3 Å². The lowest BCUT2D eigenvalue weighted by molar-refractivity contribution is -0.0234. The van der Waals surface area contributed by atoms with Gasteiger partial charge in [0.15, 0.2) is 5.67 Å². The summed E-state index contributed by atoms with van der Waals surface area (Å²) >= 11 is 9.63. The third-order valence-corrected chi connectivity index (χ3v) is 11.5. The molecular weight excluding hydrogens is 937 g/mol. The Bertz CT molecular complexity index is 2540. The number of hydrogen-bond donors (Lipinski definition) is 3. The van der Waals surface area contributed by atoms with Crippen LogP contribution in [-0.2, 0) is 25.3 Å². The third kappa shape index (κ3) is 13.0. The van der Waals surface area contributed by atoms with Crippen LogP contribution in [0.25, 0.3) is 5.69 Å². The van der Waals surface area contributed by atoms with Gasteiger partial charge in [-0.15, -0.1) is 0 Å². The number of hydrogen-bond acceptors (Lipinski definition) is 12. The predicted octanol–water partition coefficient (Wildman–Crippen LogP) is 10.7. The zero-order valence-corrected chi connectivity index (χ0v) is 40.1. The van der Waals surface area contributed by atoms with Crippen LogP contribution in [0.1, 0.15) is 91.2 Å². The molecule has 1 unspecified atom stereocenters. The van der Waals surface area contributed by atoms with Crippen LogP contribution in [0.4, 0.5) is 19.7 Å². The van der Waals surface area contributed by atoms with Crippen molar-refractivity contribution in [2.75, 3.05) is 25.1 Å². The fourth-order valence-electron chi connectivity index (χ4n) is 7.08. The monoisotopic (exact) mass is 989 g/mol. The van der Waals surface area contributed by atoms with Gasteiger partial charge < -0.3 is 39.6 Å². The topological polar surface area (TPSA) is 177 Å². The maximum atomic E-state index is 14.8. The van der Waals surface area contributed by atoms with Gasteiger partial charge in [-0.3, -0.25) is 4.79 Å². The maximum absolute atomic E-state index is 14.8. The smallest absolute Gasteiger partial charge is 0.408 e. The molecule has 5 aromatic rings. The van der Waals surface area contributed by atoms with Crippen LogP contribution in [0.3, 0.4) is 0 Å². The number of amides is 2. The van der Waals surface area contributed by atoms with E-state index < -0.39 is 34.1 Å². The van der Waals surface area contributed by atoms with Crippen molar-refractivity contribution in [1.29, 1.82) is 0 Å². The van der Waals surface area contributed by atoms with E-state index in [1.54, 1.807) is 36.5 Å². The summed E-state index contributed by atoms with van der Waals surface area (Å²) in [4.78, 5) is 45.7. The van der Waals surface area contributed by atoms with E-state index in [2.05, 4.69) is 46.9 Å². The second-order valence-corrected chi connectivity index (χ2v) is 19.9. The standard InChI is InChI=1S/C29H33ClFN5O5.C19H21BrN2O3/c1-27(2,3)41-26(38)35-29(12-13-29)19-5-8-21(9-6-19)40-23-10-7-20(15-32-23)36-25(37)24(30)22(16-34-36)33-17-28(31)11-4-14-39-18-28;1-18(2,3)25-17(23)22-19(10-11-19)13-4-7-15(8-5-13)24-16-9-6-14(20)12-21-16/h5-10,15-16,33H,4,11-14,17-18H2,1-3H3,(H,35,38);4-9,12H,10-11H2,1-3H3,(H,22,23). The van der Waals surface area contributed by atoms with E-state index in [0.717, 1.165) is 46.0 Å². The van der Waals surface area contributed by atoms with Crippen LogP contribution >= 0.6 is 27.5 Å². The molecule has 3 aromatic heterocycles. The summed E-state index contributed by atoms with van der Waals surface area (Å²) in [5.74, 6) is 2.11. The molecule has 3 N–H and O–H groups in total. The zero-order chi connectivity index (χ0) is 47.3. The van der Waals surface area contributed by atoms with E-state index in [1.807, 2.05) is 84.0 Å². The Kier molecular flexibility index (Phi) is 14.3. The number of nitrogens with one attached hydrogen (secondary N) is 3. The highest BCUT2D eigenvalue weighted by atomic mass is 79.9. The van der Waals surface area contributed by atoms with Crippen LogP contribution < -0.4 is 31.0 Å². The molecule has 2 aliphatic carbocycles. The lowest BCUT2D eigenvalue weighted by Crippen LogP contribution is -2.40. The average molecular weight is 991 g/mol. The molecule has 2 aromatic carbocycles. The molecule has 0 spiro atoms. The fourth-order valence-corrected chi connectivity index (χ4v) is 7.51. The SMILES string of the molecule is CC(C)(C)OC(=O)NC1(c2ccc(Oc3ccc(-n4ncc(NCC5(F)CCCOC5)c(Cl)c4=O)cn3)cc2)CC1.CC(C)(C)OC(=O)NC1(c2ccc(Oc3ccc(Br)cn3)cc2)CC1. The second-order valence-electron chi connectivity index (χ2n) is 18.6. The van der Waals surface area contributed by atoms with Gasteiger partial charge in [0.2, 0.25) is 11.8 Å². The van der Waals surface area contributed by atoms with Crippen molar-refractivity contribution in [2.24, 2.45) is 0 Å². The number of carbonyl (C=O) groups is 2. The number of halogens is 3. The summed E-state index contributed by atoms with van der Waals surface area (Å²) < 4.78 is 44.4. The largest absolute Gasteiger partial charge is 0.444 e. The van der Waals surface area contributed by atoms with Crippen molar-refractivity contribution < 1.29 is 37.7 Å². The Labute approximate surface area is 396 Å². The number of rotatable bonds is 12. The molecule has 1 saturated heterocycles. The van der Waals surface area contributed by atoms with Crippen molar-refractivity contribution in [2.45, 2.75) is 108 Å². The Morgan fingerprint density at radius 2 is 1.27 bits per heavy atom. The molecular formula is C48H54BrClFN7O8. The summed E-state index contributed by atoms with van der Waals surface area (Å²) in [5, 5.41) is 12.9. The van der Waals surface area contributed by atoms with Gasteiger partial charge in [0.1, 0.15) is 27.7 Å². The fraction of sp³-hybridized carbons (Fsp3) is 0.417. The van der Waals surface area contributed by atoms with Gasteiger partial charge in [-0.2, -0.15) is 9.78 Å². The number of carbonyl (C=O) groups excluding carboxylic acids is 2. The number of alkyl halides is 1. The molecule has 0 bridgehead atoms. The number of alkyl carbamates (subject to hydrolysis) is 2. The summed E-state index contributed by atoms with van der Waals surface area (Å²) in [6.45, 7) is 11.6. The minimum absolute atomic E-state index is 0.00156. The third-order valence-electron chi connectivity index (χ3n) is 10.7. The predicted molar refractivity (Wildman–Crippen MR) is 251 cm³/mol. The van der Waals surface area contributed by atoms with Crippen molar-refractivity contribution >= 4 is 45.4 Å². The first-order chi connectivity index (χ1) is 31.2. The molecule has 3 fully saturated rings. The summed E-state index contributed by atoms with van der Waals surface area (Å²) in [5.41, 5.74) is -1.25. The Morgan fingerprint density at radius 1 is 0.758 bits per heavy atom. The number of aromatic nitrogens is 4. The van der Waals surface area contributed by atoms with Crippen LogP contribution in [0.15, 0.2) is 101 Å². The summed E-state index contributed by atoms with van der Waals surface area (Å²) in [7, 11) is 0.